The summed E-state index contributed by atoms with van der Waals surface area (Å²) in [6.07, 6.45) is 0.0557. The number of rotatable bonds is 7. The van der Waals surface area contributed by atoms with Gasteiger partial charge >= 0.3 is 0 Å². The van der Waals surface area contributed by atoms with Crippen molar-refractivity contribution < 1.29 is 18.0 Å². The largest absolute Gasteiger partial charge is 0.349 e. The highest BCUT2D eigenvalue weighted by atomic mass is 32.2. The standard InChI is InChI=1S/C18H21N3O4S/c1-13(22)20-17(14-6-4-3-5-7-14)12-18(23)21-15-8-10-16(11-9-15)26(24,25)19-2/h3-11,17,19H,12H2,1-2H3,(H,20,22)(H,21,23)/t17-/m0/s1. The van der Waals surface area contributed by atoms with Crippen LogP contribution in [-0.2, 0) is 19.6 Å². The summed E-state index contributed by atoms with van der Waals surface area (Å²) in [7, 11) is -2.19. The van der Waals surface area contributed by atoms with Crippen LogP contribution in [0.25, 0.3) is 0 Å². The molecule has 0 aliphatic carbocycles. The molecule has 7 nitrogen and oxygen atoms in total. The Kier molecular flexibility index (Phi) is 6.48. The van der Waals surface area contributed by atoms with Gasteiger partial charge < -0.3 is 10.6 Å². The molecule has 2 rings (SSSR count). The van der Waals surface area contributed by atoms with E-state index in [4.69, 9.17) is 0 Å². The van der Waals surface area contributed by atoms with Crippen LogP contribution in [0.3, 0.4) is 0 Å². The summed E-state index contributed by atoms with van der Waals surface area (Å²) in [5, 5.41) is 5.47. The minimum atomic E-state index is -3.52. The maximum absolute atomic E-state index is 12.3. The zero-order chi connectivity index (χ0) is 19.2. The summed E-state index contributed by atoms with van der Waals surface area (Å²) in [4.78, 5) is 23.9. The highest BCUT2D eigenvalue weighted by Gasteiger charge is 2.17. The molecule has 0 fully saturated rings. The van der Waals surface area contributed by atoms with Crippen molar-refractivity contribution in [3.63, 3.8) is 0 Å². The van der Waals surface area contributed by atoms with Gasteiger partial charge in [0.1, 0.15) is 0 Å². The Morgan fingerprint density at radius 3 is 2.15 bits per heavy atom. The molecule has 0 spiro atoms. The first-order chi connectivity index (χ1) is 12.3. The van der Waals surface area contributed by atoms with E-state index in [9.17, 15) is 18.0 Å². The molecule has 0 saturated heterocycles. The summed E-state index contributed by atoms with van der Waals surface area (Å²) < 4.78 is 25.6. The van der Waals surface area contributed by atoms with Crippen molar-refractivity contribution in [1.82, 2.24) is 10.0 Å². The van der Waals surface area contributed by atoms with Crippen LogP contribution in [-0.4, -0.2) is 27.3 Å². The Morgan fingerprint density at radius 1 is 1.00 bits per heavy atom. The van der Waals surface area contributed by atoms with Crippen LogP contribution in [0.4, 0.5) is 5.69 Å². The minimum Gasteiger partial charge on any atom is -0.349 e. The molecule has 138 valence electrons. The third-order valence-corrected chi connectivity index (χ3v) is 5.12. The maximum atomic E-state index is 12.3. The Morgan fingerprint density at radius 2 is 1.62 bits per heavy atom. The fourth-order valence-corrected chi connectivity index (χ4v) is 3.15. The molecule has 0 saturated carbocycles. The van der Waals surface area contributed by atoms with Gasteiger partial charge in [0.25, 0.3) is 0 Å². The van der Waals surface area contributed by atoms with Crippen molar-refractivity contribution in [2.45, 2.75) is 24.3 Å². The summed E-state index contributed by atoms with van der Waals surface area (Å²) in [6, 6.07) is 14.6. The van der Waals surface area contributed by atoms with Crippen molar-refractivity contribution in [2.75, 3.05) is 12.4 Å². The number of nitrogens with one attached hydrogen (secondary N) is 3. The number of anilines is 1. The normalized spacial score (nSPS) is 12.2. The third kappa shape index (κ3) is 5.40. The van der Waals surface area contributed by atoms with Crippen LogP contribution in [0.1, 0.15) is 24.9 Å². The predicted molar refractivity (Wildman–Crippen MR) is 98.9 cm³/mol. The van der Waals surface area contributed by atoms with Gasteiger partial charge in [0.15, 0.2) is 0 Å². The molecule has 1 atom stereocenters. The number of hydrogen-bond donors (Lipinski definition) is 3. The van der Waals surface area contributed by atoms with Gasteiger partial charge in [-0.2, -0.15) is 0 Å². The third-order valence-electron chi connectivity index (χ3n) is 3.69. The van der Waals surface area contributed by atoms with E-state index in [2.05, 4.69) is 15.4 Å². The van der Waals surface area contributed by atoms with Crippen LogP contribution < -0.4 is 15.4 Å². The molecule has 2 aromatic carbocycles. The van der Waals surface area contributed by atoms with Gasteiger partial charge in [0, 0.05) is 12.6 Å². The molecular weight excluding hydrogens is 354 g/mol. The zero-order valence-electron chi connectivity index (χ0n) is 14.5. The fourth-order valence-electron chi connectivity index (χ4n) is 2.42. The van der Waals surface area contributed by atoms with E-state index >= 15 is 0 Å². The number of carbonyl (C=O) groups is 2. The van der Waals surface area contributed by atoms with Gasteiger partial charge in [-0.1, -0.05) is 30.3 Å². The second kappa shape index (κ2) is 8.59. The molecule has 3 N–H and O–H groups in total. The number of hydrogen-bond acceptors (Lipinski definition) is 4. The highest BCUT2D eigenvalue weighted by Crippen LogP contribution is 2.19. The number of benzene rings is 2. The lowest BCUT2D eigenvalue weighted by Crippen LogP contribution is -2.29. The monoisotopic (exact) mass is 375 g/mol. The summed E-state index contributed by atoms with van der Waals surface area (Å²) in [5.41, 5.74) is 1.30. The molecule has 0 aliphatic rings. The van der Waals surface area contributed by atoms with E-state index in [-0.39, 0.29) is 23.1 Å². The van der Waals surface area contributed by atoms with E-state index in [0.717, 1.165) is 5.56 Å². The van der Waals surface area contributed by atoms with Crippen molar-refractivity contribution >= 4 is 27.5 Å². The molecule has 2 aromatic rings. The molecular formula is C18H21N3O4S. The highest BCUT2D eigenvalue weighted by molar-refractivity contribution is 7.89. The van der Waals surface area contributed by atoms with Crippen LogP contribution in [0.15, 0.2) is 59.5 Å². The molecule has 0 aliphatic heterocycles. The first kappa shape index (κ1) is 19.6. The van der Waals surface area contributed by atoms with E-state index in [1.54, 1.807) is 0 Å². The molecule has 0 aromatic heterocycles. The Bertz CT molecular complexity index is 865. The van der Waals surface area contributed by atoms with Crippen LogP contribution in [0.5, 0.6) is 0 Å². The van der Waals surface area contributed by atoms with E-state index in [0.29, 0.717) is 5.69 Å². The van der Waals surface area contributed by atoms with Gasteiger partial charge in [-0.3, -0.25) is 9.59 Å². The minimum absolute atomic E-state index is 0.0557. The van der Waals surface area contributed by atoms with E-state index in [1.165, 1.54) is 38.2 Å². The SMILES string of the molecule is CNS(=O)(=O)c1ccc(NC(=O)C[C@H](NC(C)=O)c2ccccc2)cc1. The lowest BCUT2D eigenvalue weighted by Gasteiger charge is -2.18. The van der Waals surface area contributed by atoms with E-state index < -0.39 is 16.1 Å². The molecule has 26 heavy (non-hydrogen) atoms. The Hall–Kier alpha value is -2.71. The van der Waals surface area contributed by atoms with Crippen molar-refractivity contribution in [3.05, 3.63) is 60.2 Å². The quantitative estimate of drug-likeness (QED) is 0.686. The van der Waals surface area contributed by atoms with Crippen LogP contribution in [0, 0.1) is 0 Å². The van der Waals surface area contributed by atoms with E-state index in [1.807, 2.05) is 30.3 Å². The van der Waals surface area contributed by atoms with Crippen molar-refractivity contribution in [1.29, 1.82) is 0 Å². The van der Waals surface area contributed by atoms with Gasteiger partial charge in [-0.05, 0) is 36.9 Å². The first-order valence-electron chi connectivity index (χ1n) is 7.97. The molecule has 0 radical (unpaired) electrons. The smallest absolute Gasteiger partial charge is 0.240 e. The second-order valence-electron chi connectivity index (χ2n) is 5.65. The Balaban J connectivity index is 2.07. The Labute approximate surface area is 152 Å². The zero-order valence-corrected chi connectivity index (χ0v) is 15.3. The number of carbonyl (C=O) groups excluding carboxylic acids is 2. The summed E-state index contributed by atoms with van der Waals surface area (Å²) in [5.74, 6) is -0.523. The molecule has 8 heteroatoms. The average molecular weight is 375 g/mol. The van der Waals surface area contributed by atoms with Crippen molar-refractivity contribution in [2.24, 2.45) is 0 Å². The maximum Gasteiger partial charge on any atom is 0.240 e. The fraction of sp³-hybridized carbons (Fsp3) is 0.222. The molecule has 0 bridgehead atoms. The molecule has 0 heterocycles. The van der Waals surface area contributed by atoms with Gasteiger partial charge in [-0.15, -0.1) is 0 Å². The molecule has 0 unspecified atom stereocenters. The van der Waals surface area contributed by atoms with Crippen molar-refractivity contribution in [3.8, 4) is 0 Å². The number of amides is 2. The second-order valence-corrected chi connectivity index (χ2v) is 7.53. The average Bonchev–Trinajstić information content (AvgIpc) is 2.62. The van der Waals surface area contributed by atoms with Gasteiger partial charge in [0.2, 0.25) is 21.8 Å². The van der Waals surface area contributed by atoms with Crippen LogP contribution >= 0.6 is 0 Å². The first-order valence-corrected chi connectivity index (χ1v) is 9.45. The lowest BCUT2D eigenvalue weighted by molar-refractivity contribution is -0.120. The van der Waals surface area contributed by atoms with Gasteiger partial charge in [0.05, 0.1) is 17.4 Å². The molecule has 2 amide bonds. The predicted octanol–water partition coefficient (Wildman–Crippen LogP) is 1.80. The van der Waals surface area contributed by atoms with Crippen LogP contribution in [0.2, 0.25) is 0 Å². The summed E-state index contributed by atoms with van der Waals surface area (Å²) >= 11 is 0. The van der Waals surface area contributed by atoms with Gasteiger partial charge in [-0.25, -0.2) is 13.1 Å². The topological polar surface area (TPSA) is 104 Å². The summed E-state index contributed by atoms with van der Waals surface area (Å²) in [6.45, 7) is 1.40. The number of sulfonamides is 1. The lowest BCUT2D eigenvalue weighted by atomic mass is 10.0.